The molecule has 2 saturated heterocycles. The molecule has 1 atom stereocenters. The van der Waals surface area contributed by atoms with E-state index < -0.39 is 0 Å². The molecule has 1 N–H and O–H groups in total. The number of piperidine rings is 1. The summed E-state index contributed by atoms with van der Waals surface area (Å²) < 4.78 is 5.73. The Balaban J connectivity index is 1.64. The SMILES string of the molecule is CC(=O)N1CCC(C(=O)N2CCO[C@@H](c3cc(=O)[nH]c(C)n3)C2)CC1. The summed E-state index contributed by atoms with van der Waals surface area (Å²) in [6.45, 7) is 5.93. The monoisotopic (exact) mass is 348 g/mol. The molecular weight excluding hydrogens is 324 g/mol. The van der Waals surface area contributed by atoms with Crippen LogP contribution in [-0.4, -0.2) is 64.4 Å². The molecule has 3 rings (SSSR count). The molecule has 2 amide bonds. The Morgan fingerprint density at radius 2 is 1.96 bits per heavy atom. The second kappa shape index (κ2) is 7.35. The molecule has 0 bridgehead atoms. The summed E-state index contributed by atoms with van der Waals surface area (Å²) in [5.41, 5.74) is 0.344. The molecule has 0 saturated carbocycles. The number of aryl methyl sites for hydroxylation is 1. The Kier molecular flexibility index (Phi) is 5.17. The van der Waals surface area contributed by atoms with Crippen LogP contribution in [-0.2, 0) is 14.3 Å². The van der Waals surface area contributed by atoms with Crippen LogP contribution in [0.1, 0.15) is 37.4 Å². The summed E-state index contributed by atoms with van der Waals surface area (Å²) >= 11 is 0. The van der Waals surface area contributed by atoms with Crippen LogP contribution in [0.2, 0.25) is 0 Å². The Morgan fingerprint density at radius 1 is 1.24 bits per heavy atom. The summed E-state index contributed by atoms with van der Waals surface area (Å²) in [6, 6.07) is 1.43. The van der Waals surface area contributed by atoms with Gasteiger partial charge in [-0.25, -0.2) is 4.98 Å². The van der Waals surface area contributed by atoms with Crippen LogP contribution >= 0.6 is 0 Å². The molecule has 0 aliphatic carbocycles. The quantitative estimate of drug-likeness (QED) is 0.826. The Morgan fingerprint density at radius 3 is 2.60 bits per heavy atom. The van der Waals surface area contributed by atoms with E-state index in [1.165, 1.54) is 6.07 Å². The van der Waals surface area contributed by atoms with Gasteiger partial charge in [0.1, 0.15) is 11.9 Å². The highest BCUT2D eigenvalue weighted by atomic mass is 16.5. The maximum atomic E-state index is 12.8. The number of amides is 2. The van der Waals surface area contributed by atoms with Crippen molar-refractivity contribution in [2.75, 3.05) is 32.8 Å². The summed E-state index contributed by atoms with van der Waals surface area (Å²) in [5, 5.41) is 0. The first kappa shape index (κ1) is 17.6. The smallest absolute Gasteiger partial charge is 0.251 e. The van der Waals surface area contributed by atoms with Gasteiger partial charge in [0.2, 0.25) is 11.8 Å². The van der Waals surface area contributed by atoms with Crippen LogP contribution in [0, 0.1) is 12.8 Å². The van der Waals surface area contributed by atoms with E-state index in [4.69, 9.17) is 4.74 Å². The average molecular weight is 348 g/mol. The van der Waals surface area contributed by atoms with Gasteiger partial charge >= 0.3 is 0 Å². The van der Waals surface area contributed by atoms with E-state index in [-0.39, 0.29) is 29.4 Å². The fourth-order valence-electron chi connectivity index (χ4n) is 3.50. The lowest BCUT2D eigenvalue weighted by Crippen LogP contribution is -2.48. The molecule has 136 valence electrons. The lowest BCUT2D eigenvalue weighted by Gasteiger charge is -2.37. The molecule has 2 aliphatic heterocycles. The number of hydrogen-bond donors (Lipinski definition) is 1. The van der Waals surface area contributed by atoms with Gasteiger partial charge in [-0.05, 0) is 19.8 Å². The number of carbonyl (C=O) groups excluding carboxylic acids is 2. The second-order valence-electron chi connectivity index (χ2n) is 6.68. The third kappa shape index (κ3) is 4.07. The van der Waals surface area contributed by atoms with Crippen LogP contribution < -0.4 is 5.56 Å². The fraction of sp³-hybridized carbons (Fsp3) is 0.647. The van der Waals surface area contributed by atoms with E-state index in [2.05, 4.69) is 9.97 Å². The van der Waals surface area contributed by atoms with Crippen LogP contribution in [0.25, 0.3) is 0 Å². The van der Waals surface area contributed by atoms with E-state index >= 15 is 0 Å². The molecule has 1 aromatic heterocycles. The Hall–Kier alpha value is -2.22. The minimum atomic E-state index is -0.379. The van der Waals surface area contributed by atoms with Gasteiger partial charge in [-0.3, -0.25) is 14.4 Å². The lowest BCUT2D eigenvalue weighted by atomic mass is 9.94. The topological polar surface area (TPSA) is 95.6 Å². The van der Waals surface area contributed by atoms with Crippen molar-refractivity contribution in [3.8, 4) is 0 Å². The first-order valence-corrected chi connectivity index (χ1v) is 8.68. The van der Waals surface area contributed by atoms with E-state index in [0.29, 0.717) is 57.1 Å². The molecule has 0 aromatic carbocycles. The van der Waals surface area contributed by atoms with E-state index in [1.54, 1.807) is 23.6 Å². The normalized spacial score (nSPS) is 22.1. The zero-order valence-corrected chi connectivity index (χ0v) is 14.7. The fourth-order valence-corrected chi connectivity index (χ4v) is 3.50. The molecule has 0 spiro atoms. The van der Waals surface area contributed by atoms with Gasteiger partial charge in [0.15, 0.2) is 0 Å². The van der Waals surface area contributed by atoms with Crippen LogP contribution in [0.5, 0.6) is 0 Å². The summed E-state index contributed by atoms with van der Waals surface area (Å²) in [5.74, 6) is 0.653. The van der Waals surface area contributed by atoms with Crippen molar-refractivity contribution in [3.05, 3.63) is 27.9 Å². The predicted octanol–water partition coefficient (Wildman–Crippen LogP) is 0.237. The largest absolute Gasteiger partial charge is 0.368 e. The number of nitrogens with zero attached hydrogens (tertiary/aromatic N) is 3. The molecule has 2 aliphatic rings. The van der Waals surface area contributed by atoms with Gasteiger partial charge in [0.25, 0.3) is 5.56 Å². The standard InChI is InChI=1S/C17H24N4O4/c1-11-18-14(9-16(23)19-11)15-10-21(7-8-25-15)17(24)13-3-5-20(6-4-13)12(2)22/h9,13,15H,3-8,10H2,1-2H3,(H,18,19,23)/t15-/m1/s1. The van der Waals surface area contributed by atoms with E-state index in [1.807, 2.05) is 0 Å². The molecule has 8 heteroatoms. The minimum absolute atomic E-state index is 0.0526. The third-order valence-electron chi connectivity index (χ3n) is 4.88. The van der Waals surface area contributed by atoms with Crippen LogP contribution in [0.4, 0.5) is 0 Å². The molecule has 25 heavy (non-hydrogen) atoms. The van der Waals surface area contributed by atoms with Gasteiger partial charge in [-0.1, -0.05) is 0 Å². The average Bonchev–Trinajstić information content (AvgIpc) is 2.60. The highest BCUT2D eigenvalue weighted by Crippen LogP contribution is 2.24. The maximum Gasteiger partial charge on any atom is 0.251 e. The molecule has 0 unspecified atom stereocenters. The van der Waals surface area contributed by atoms with Gasteiger partial charge in [-0.2, -0.15) is 0 Å². The van der Waals surface area contributed by atoms with Crippen molar-refractivity contribution in [3.63, 3.8) is 0 Å². The number of nitrogens with one attached hydrogen (secondary N) is 1. The van der Waals surface area contributed by atoms with Crippen LogP contribution in [0.15, 0.2) is 10.9 Å². The first-order valence-electron chi connectivity index (χ1n) is 8.68. The number of H-pyrrole nitrogens is 1. The molecule has 0 radical (unpaired) electrons. The number of likely N-dealkylation sites (tertiary alicyclic amines) is 1. The number of rotatable bonds is 2. The Bertz CT molecular complexity index is 709. The predicted molar refractivity (Wildman–Crippen MR) is 89.8 cm³/mol. The maximum absolute atomic E-state index is 12.8. The van der Waals surface area contributed by atoms with Gasteiger partial charge in [-0.15, -0.1) is 0 Å². The molecule has 1 aromatic rings. The lowest BCUT2D eigenvalue weighted by molar-refractivity contribution is -0.146. The summed E-state index contributed by atoms with van der Waals surface area (Å²) in [4.78, 5) is 46.4. The number of aromatic amines is 1. The number of morpholine rings is 1. The molecule has 8 nitrogen and oxygen atoms in total. The second-order valence-corrected chi connectivity index (χ2v) is 6.68. The van der Waals surface area contributed by atoms with Crippen molar-refractivity contribution in [2.45, 2.75) is 32.8 Å². The number of ether oxygens (including phenoxy) is 1. The molecular formula is C17H24N4O4. The zero-order chi connectivity index (χ0) is 18.0. The number of aromatic nitrogens is 2. The Labute approximate surface area is 146 Å². The molecule has 2 fully saturated rings. The highest BCUT2D eigenvalue weighted by molar-refractivity contribution is 5.80. The number of carbonyl (C=O) groups is 2. The number of hydrogen-bond acceptors (Lipinski definition) is 5. The van der Waals surface area contributed by atoms with E-state index in [9.17, 15) is 14.4 Å². The van der Waals surface area contributed by atoms with Crippen molar-refractivity contribution in [1.29, 1.82) is 0 Å². The van der Waals surface area contributed by atoms with Crippen molar-refractivity contribution < 1.29 is 14.3 Å². The summed E-state index contributed by atoms with van der Waals surface area (Å²) in [6.07, 6.45) is 1.02. The third-order valence-corrected chi connectivity index (χ3v) is 4.88. The van der Waals surface area contributed by atoms with Gasteiger partial charge < -0.3 is 19.5 Å². The zero-order valence-electron chi connectivity index (χ0n) is 14.7. The van der Waals surface area contributed by atoms with Gasteiger partial charge in [0, 0.05) is 38.5 Å². The minimum Gasteiger partial charge on any atom is -0.368 e. The summed E-state index contributed by atoms with van der Waals surface area (Å²) in [7, 11) is 0. The van der Waals surface area contributed by atoms with Crippen molar-refractivity contribution >= 4 is 11.8 Å². The van der Waals surface area contributed by atoms with Crippen molar-refractivity contribution in [2.24, 2.45) is 5.92 Å². The van der Waals surface area contributed by atoms with E-state index in [0.717, 1.165) is 0 Å². The first-order chi connectivity index (χ1) is 11.9. The van der Waals surface area contributed by atoms with Gasteiger partial charge in [0.05, 0.1) is 18.8 Å². The van der Waals surface area contributed by atoms with Crippen LogP contribution in [0.3, 0.4) is 0 Å². The van der Waals surface area contributed by atoms with Crippen molar-refractivity contribution in [1.82, 2.24) is 19.8 Å². The molecule has 3 heterocycles. The highest BCUT2D eigenvalue weighted by Gasteiger charge is 2.33.